The summed E-state index contributed by atoms with van der Waals surface area (Å²) in [6, 6.07) is 9.34. The quantitative estimate of drug-likeness (QED) is 0.686. The van der Waals surface area contributed by atoms with Crippen molar-refractivity contribution in [3.8, 4) is 0 Å². The minimum absolute atomic E-state index is 0.0821. The largest absolute Gasteiger partial charge is 0.311 e. The van der Waals surface area contributed by atoms with Gasteiger partial charge in [0.25, 0.3) is 0 Å². The number of carbonyl (C=O) groups excluding carboxylic acids is 1. The number of amides is 1. The Morgan fingerprint density at radius 2 is 2.00 bits per heavy atom. The summed E-state index contributed by atoms with van der Waals surface area (Å²) in [5.74, 6) is 0.115. The number of carbonyl (C=O) groups is 1. The first-order valence-corrected chi connectivity index (χ1v) is 11.5. The molecule has 0 unspecified atom stereocenters. The molecule has 0 fully saturated rings. The molecule has 0 radical (unpaired) electrons. The average molecular weight is 443 g/mol. The molecule has 1 heterocycles. The van der Waals surface area contributed by atoms with E-state index in [1.165, 1.54) is 42.3 Å². The molecule has 0 saturated carbocycles. The molecule has 3 rings (SSSR count). The third kappa shape index (κ3) is 4.35. The molecule has 2 aromatic carbocycles. The molecule has 1 aliphatic heterocycles. The molecule has 1 amide bonds. The number of hydrogen-bond acceptors (Lipinski definition) is 4. The molecule has 2 aromatic rings. The summed E-state index contributed by atoms with van der Waals surface area (Å²) in [4.78, 5) is 14.5. The van der Waals surface area contributed by atoms with Crippen LogP contribution in [0.4, 0.5) is 10.1 Å². The number of anilines is 1. The fraction of sp³-hybridized carbons (Fsp3) is 0.316. The molecular formula is C19H20ClFN2O3S2. The third-order valence-corrected chi connectivity index (χ3v) is 7.54. The van der Waals surface area contributed by atoms with Crippen LogP contribution in [-0.2, 0) is 27.0 Å². The molecule has 0 atom stereocenters. The molecule has 28 heavy (non-hydrogen) atoms. The van der Waals surface area contributed by atoms with Crippen molar-refractivity contribution in [3.63, 3.8) is 0 Å². The Morgan fingerprint density at radius 3 is 2.68 bits per heavy atom. The Labute approximate surface area is 173 Å². The van der Waals surface area contributed by atoms with Gasteiger partial charge < -0.3 is 4.90 Å². The molecule has 0 aromatic heterocycles. The fourth-order valence-corrected chi connectivity index (χ4v) is 4.97. The molecule has 0 N–H and O–H groups in total. The average Bonchev–Trinajstić information content (AvgIpc) is 3.06. The van der Waals surface area contributed by atoms with Crippen molar-refractivity contribution < 1.29 is 17.6 Å². The third-order valence-electron chi connectivity index (χ3n) is 4.52. The molecular weight excluding hydrogens is 423 g/mol. The topological polar surface area (TPSA) is 57.7 Å². The van der Waals surface area contributed by atoms with E-state index in [2.05, 4.69) is 0 Å². The van der Waals surface area contributed by atoms with Gasteiger partial charge in [-0.25, -0.2) is 17.1 Å². The van der Waals surface area contributed by atoms with Crippen LogP contribution >= 0.6 is 23.4 Å². The zero-order valence-corrected chi connectivity index (χ0v) is 17.9. The fourth-order valence-electron chi connectivity index (χ4n) is 2.97. The molecule has 0 bridgehead atoms. The van der Waals surface area contributed by atoms with Crippen molar-refractivity contribution in [2.45, 2.75) is 17.1 Å². The Hall–Kier alpha value is -1.61. The van der Waals surface area contributed by atoms with Gasteiger partial charge in [-0.3, -0.25) is 4.79 Å². The van der Waals surface area contributed by atoms with Crippen LogP contribution in [0.2, 0.25) is 5.02 Å². The van der Waals surface area contributed by atoms with Crippen LogP contribution in [0.3, 0.4) is 0 Å². The highest BCUT2D eigenvalue weighted by Crippen LogP contribution is 2.31. The highest BCUT2D eigenvalue weighted by molar-refractivity contribution is 7.99. The second-order valence-corrected chi connectivity index (χ2v) is 10.2. The number of benzene rings is 2. The van der Waals surface area contributed by atoms with E-state index < -0.39 is 10.0 Å². The maximum atomic E-state index is 13.8. The predicted octanol–water partition coefficient (Wildman–Crippen LogP) is 3.55. The highest BCUT2D eigenvalue weighted by Gasteiger charge is 2.27. The maximum Gasteiger partial charge on any atom is 0.242 e. The van der Waals surface area contributed by atoms with Crippen LogP contribution in [0.5, 0.6) is 0 Å². The van der Waals surface area contributed by atoms with Crippen LogP contribution in [0.15, 0.2) is 41.3 Å². The van der Waals surface area contributed by atoms with Gasteiger partial charge in [0.15, 0.2) is 0 Å². The monoisotopic (exact) mass is 442 g/mol. The van der Waals surface area contributed by atoms with Gasteiger partial charge in [0.1, 0.15) is 5.82 Å². The van der Waals surface area contributed by atoms with Gasteiger partial charge in [-0.05, 0) is 47.9 Å². The lowest BCUT2D eigenvalue weighted by atomic mass is 10.2. The summed E-state index contributed by atoms with van der Waals surface area (Å²) in [6.45, 7) is 0.509. The van der Waals surface area contributed by atoms with Crippen LogP contribution in [-0.4, -0.2) is 45.0 Å². The van der Waals surface area contributed by atoms with Crippen LogP contribution in [0.25, 0.3) is 0 Å². The van der Waals surface area contributed by atoms with Gasteiger partial charge in [-0.15, -0.1) is 11.8 Å². The summed E-state index contributed by atoms with van der Waals surface area (Å²) < 4.78 is 39.5. The molecule has 9 heteroatoms. The summed E-state index contributed by atoms with van der Waals surface area (Å²) in [6.07, 6.45) is 0.605. The van der Waals surface area contributed by atoms with Gasteiger partial charge in [-0.2, -0.15) is 0 Å². The lowest BCUT2D eigenvalue weighted by molar-refractivity contribution is -0.116. The molecule has 1 aliphatic rings. The lowest BCUT2D eigenvalue weighted by Gasteiger charge is -2.18. The lowest BCUT2D eigenvalue weighted by Crippen LogP contribution is -2.30. The van der Waals surface area contributed by atoms with Crippen LogP contribution in [0, 0.1) is 5.82 Å². The van der Waals surface area contributed by atoms with Gasteiger partial charge in [-0.1, -0.05) is 17.7 Å². The minimum Gasteiger partial charge on any atom is -0.311 e. The number of fused-ring (bicyclic) bond motifs is 1. The standard InChI is InChI=1S/C19H20ClFN2O3S2/c1-22(2)28(25,26)16-5-6-18-13(9-16)7-8-23(18)19(24)12-27-11-14-3-4-15(20)10-17(14)21/h3-6,9-10H,7-8,11-12H2,1-2H3. The van der Waals surface area contributed by atoms with Gasteiger partial charge in [0.2, 0.25) is 15.9 Å². The molecule has 150 valence electrons. The first-order chi connectivity index (χ1) is 13.2. The van der Waals surface area contributed by atoms with Crippen LogP contribution in [0.1, 0.15) is 11.1 Å². The minimum atomic E-state index is -3.51. The normalized spacial score (nSPS) is 13.8. The number of rotatable bonds is 6. The SMILES string of the molecule is CN(C)S(=O)(=O)c1ccc2c(c1)CCN2C(=O)CSCc1ccc(Cl)cc1F. The zero-order valence-electron chi connectivity index (χ0n) is 15.5. The van der Waals surface area contributed by atoms with Gasteiger partial charge in [0, 0.05) is 37.1 Å². The number of hydrogen-bond donors (Lipinski definition) is 0. The summed E-state index contributed by atoms with van der Waals surface area (Å²) in [5.41, 5.74) is 2.08. The molecule has 0 spiro atoms. The van der Waals surface area contributed by atoms with Crippen molar-refractivity contribution >= 4 is 45.0 Å². The number of sulfonamides is 1. The Balaban J connectivity index is 1.66. The van der Waals surface area contributed by atoms with Crippen LogP contribution < -0.4 is 4.90 Å². The van der Waals surface area contributed by atoms with Gasteiger partial charge in [0.05, 0.1) is 10.6 Å². The summed E-state index contributed by atoms with van der Waals surface area (Å²) in [7, 11) is -0.537. The maximum absolute atomic E-state index is 13.8. The van der Waals surface area contributed by atoms with E-state index in [9.17, 15) is 17.6 Å². The van der Waals surface area contributed by atoms with E-state index in [0.29, 0.717) is 29.3 Å². The molecule has 5 nitrogen and oxygen atoms in total. The van der Waals surface area contributed by atoms with E-state index >= 15 is 0 Å². The second-order valence-electron chi connectivity index (χ2n) is 6.60. The van der Waals surface area contributed by atoms with E-state index in [1.807, 2.05) is 0 Å². The number of halogens is 2. The smallest absolute Gasteiger partial charge is 0.242 e. The van der Waals surface area contributed by atoms with Crippen molar-refractivity contribution in [2.75, 3.05) is 31.3 Å². The highest BCUT2D eigenvalue weighted by atomic mass is 35.5. The predicted molar refractivity (Wildman–Crippen MR) is 111 cm³/mol. The Bertz CT molecular complexity index is 1010. The van der Waals surface area contributed by atoms with Crippen molar-refractivity contribution in [3.05, 3.63) is 58.4 Å². The summed E-state index contributed by atoms with van der Waals surface area (Å²) >= 11 is 7.07. The van der Waals surface area contributed by atoms with E-state index in [-0.39, 0.29) is 22.4 Å². The number of nitrogens with zero attached hydrogens (tertiary/aromatic N) is 2. The van der Waals surface area contributed by atoms with Crippen molar-refractivity contribution in [2.24, 2.45) is 0 Å². The van der Waals surface area contributed by atoms with Crippen molar-refractivity contribution in [1.82, 2.24) is 4.31 Å². The Kier molecular flexibility index (Phi) is 6.34. The second kappa shape index (κ2) is 8.41. The summed E-state index contributed by atoms with van der Waals surface area (Å²) in [5, 5.41) is 0.339. The Morgan fingerprint density at radius 1 is 1.25 bits per heavy atom. The van der Waals surface area contributed by atoms with E-state index in [0.717, 1.165) is 11.3 Å². The first kappa shape index (κ1) is 21.1. The zero-order chi connectivity index (χ0) is 20.5. The van der Waals surface area contributed by atoms with Gasteiger partial charge >= 0.3 is 0 Å². The van der Waals surface area contributed by atoms with E-state index in [4.69, 9.17) is 11.6 Å². The van der Waals surface area contributed by atoms with E-state index in [1.54, 1.807) is 29.2 Å². The molecule has 0 aliphatic carbocycles. The first-order valence-electron chi connectivity index (χ1n) is 8.57. The number of thioether (sulfide) groups is 1. The molecule has 0 saturated heterocycles. The van der Waals surface area contributed by atoms with Crippen molar-refractivity contribution in [1.29, 1.82) is 0 Å².